The number of ether oxygens (including phenoxy) is 2. The number of hydrogen-bond acceptors (Lipinski definition) is 6. The van der Waals surface area contributed by atoms with Crippen LogP contribution in [0, 0.1) is 5.92 Å². The van der Waals surface area contributed by atoms with Gasteiger partial charge in [-0.2, -0.15) is 13.2 Å². The minimum Gasteiger partial charge on any atom is -0.508 e. The number of fused-ring (bicyclic) bond motifs is 1. The lowest BCUT2D eigenvalue weighted by molar-refractivity contribution is -0.137. The Hall–Kier alpha value is -3.56. The summed E-state index contributed by atoms with van der Waals surface area (Å²) in [6.07, 6.45) is -2.53. The van der Waals surface area contributed by atoms with Gasteiger partial charge in [0.25, 0.3) is 0 Å². The predicted molar refractivity (Wildman–Crippen MR) is 145 cm³/mol. The summed E-state index contributed by atoms with van der Waals surface area (Å²) in [7, 11) is 0. The second-order valence-corrected chi connectivity index (χ2v) is 10.8. The Balaban J connectivity index is 1.35. The van der Waals surface area contributed by atoms with Gasteiger partial charge in [0.05, 0.1) is 12.2 Å². The van der Waals surface area contributed by atoms with Crippen LogP contribution in [0.1, 0.15) is 40.6 Å². The first-order chi connectivity index (χ1) is 18.7. The van der Waals surface area contributed by atoms with Gasteiger partial charge in [-0.25, -0.2) is 0 Å². The number of carbonyl (C=O) groups is 1. The first-order valence-electron chi connectivity index (χ1n) is 12.8. The highest BCUT2D eigenvalue weighted by molar-refractivity contribution is 7.21. The molecule has 204 valence electrons. The molecule has 39 heavy (non-hydrogen) atoms. The maximum Gasteiger partial charge on any atom is 0.417 e. The van der Waals surface area contributed by atoms with Crippen LogP contribution in [-0.2, 0) is 6.18 Å². The Morgan fingerprint density at radius 3 is 2.54 bits per heavy atom. The molecule has 0 bridgehead atoms. The van der Waals surface area contributed by atoms with E-state index < -0.39 is 23.1 Å². The summed E-state index contributed by atoms with van der Waals surface area (Å²) in [6, 6.07) is 16.1. The first-order valence-corrected chi connectivity index (χ1v) is 13.6. The zero-order valence-electron chi connectivity index (χ0n) is 21.3. The standard InChI is InChI=1S/C30H28F3NO4S/c1-19-13-15-34(18-19)14-4-16-37-21-8-10-22(11-9-21)38-28-24-12-7-20(35)17-26(24)39-29(28)27(36)23-5-2-3-6-25(23)30(31,32)33/h2-3,5-12,17,19,35H,4,13-16,18H2,1H3/t19-/m1/s1. The number of phenols is 1. The maximum atomic E-state index is 13.6. The third-order valence-electron chi connectivity index (χ3n) is 6.75. The van der Waals surface area contributed by atoms with E-state index in [2.05, 4.69) is 11.8 Å². The molecule has 1 fully saturated rings. The molecule has 1 N–H and O–H groups in total. The van der Waals surface area contributed by atoms with E-state index in [1.54, 1.807) is 30.3 Å². The predicted octanol–water partition coefficient (Wildman–Crippen LogP) is 7.76. The lowest BCUT2D eigenvalue weighted by Gasteiger charge is -2.15. The number of likely N-dealkylation sites (tertiary alicyclic amines) is 1. The average molecular weight is 556 g/mol. The SMILES string of the molecule is C[C@@H]1CCN(CCCOc2ccc(Oc3c(C(=O)c4ccccc4C(F)(F)F)sc4cc(O)ccc34)cc2)C1. The van der Waals surface area contributed by atoms with Crippen molar-refractivity contribution in [2.45, 2.75) is 25.9 Å². The number of rotatable bonds is 9. The van der Waals surface area contributed by atoms with Gasteiger partial charge >= 0.3 is 6.18 Å². The van der Waals surface area contributed by atoms with Crippen molar-refractivity contribution in [3.05, 3.63) is 82.7 Å². The summed E-state index contributed by atoms with van der Waals surface area (Å²) in [5.74, 6) is 1.15. The van der Waals surface area contributed by atoms with Crippen LogP contribution in [0.3, 0.4) is 0 Å². The molecule has 1 saturated heterocycles. The van der Waals surface area contributed by atoms with Crippen molar-refractivity contribution in [2.75, 3.05) is 26.2 Å². The van der Waals surface area contributed by atoms with Gasteiger partial charge < -0.3 is 19.5 Å². The number of alkyl halides is 3. The van der Waals surface area contributed by atoms with E-state index >= 15 is 0 Å². The van der Waals surface area contributed by atoms with Crippen molar-refractivity contribution >= 4 is 27.2 Å². The molecule has 1 aliphatic heterocycles. The van der Waals surface area contributed by atoms with Crippen LogP contribution in [0.5, 0.6) is 23.0 Å². The second kappa shape index (κ2) is 11.3. The van der Waals surface area contributed by atoms with Crippen molar-refractivity contribution < 1.29 is 32.5 Å². The van der Waals surface area contributed by atoms with Crippen LogP contribution < -0.4 is 9.47 Å². The van der Waals surface area contributed by atoms with Gasteiger partial charge in [-0.05, 0) is 73.8 Å². The van der Waals surface area contributed by atoms with Gasteiger partial charge in [0.2, 0.25) is 5.78 Å². The van der Waals surface area contributed by atoms with E-state index in [0.717, 1.165) is 55.4 Å². The number of halogens is 3. The van der Waals surface area contributed by atoms with Gasteiger partial charge in [-0.3, -0.25) is 4.79 Å². The maximum absolute atomic E-state index is 13.6. The molecule has 0 aliphatic carbocycles. The molecule has 9 heteroatoms. The van der Waals surface area contributed by atoms with E-state index in [9.17, 15) is 23.1 Å². The highest BCUT2D eigenvalue weighted by Crippen LogP contribution is 2.44. The lowest BCUT2D eigenvalue weighted by atomic mass is 10.0. The fraction of sp³-hybridized carbons (Fsp3) is 0.300. The number of benzene rings is 3. The zero-order valence-corrected chi connectivity index (χ0v) is 22.1. The number of hydrogen-bond donors (Lipinski definition) is 1. The number of carbonyl (C=O) groups excluding carboxylic acids is 1. The smallest absolute Gasteiger partial charge is 0.417 e. The minimum absolute atomic E-state index is 0.0175. The van der Waals surface area contributed by atoms with Crippen LogP contribution in [0.4, 0.5) is 13.2 Å². The summed E-state index contributed by atoms with van der Waals surface area (Å²) in [5.41, 5.74) is -1.47. The number of ketones is 1. The Kier molecular flexibility index (Phi) is 7.81. The van der Waals surface area contributed by atoms with Gasteiger partial charge in [0, 0.05) is 28.7 Å². The lowest BCUT2D eigenvalue weighted by Crippen LogP contribution is -2.22. The average Bonchev–Trinajstić information content (AvgIpc) is 3.49. The molecular formula is C30H28F3NO4S. The minimum atomic E-state index is -4.69. The van der Waals surface area contributed by atoms with Crippen molar-refractivity contribution in [3.63, 3.8) is 0 Å². The topological polar surface area (TPSA) is 59.0 Å². The molecule has 5 nitrogen and oxygen atoms in total. The Bertz CT molecular complexity index is 1470. The van der Waals surface area contributed by atoms with E-state index in [1.165, 1.54) is 30.7 Å². The molecule has 0 amide bonds. The highest BCUT2D eigenvalue weighted by Gasteiger charge is 2.36. The molecule has 3 aromatic carbocycles. The van der Waals surface area contributed by atoms with E-state index in [-0.39, 0.29) is 16.4 Å². The monoisotopic (exact) mass is 555 g/mol. The molecule has 0 saturated carbocycles. The Labute approximate surface area is 228 Å². The fourth-order valence-electron chi connectivity index (χ4n) is 4.79. The third-order valence-corrected chi connectivity index (χ3v) is 7.88. The first kappa shape index (κ1) is 27.0. The quantitative estimate of drug-likeness (QED) is 0.169. The van der Waals surface area contributed by atoms with E-state index in [0.29, 0.717) is 28.2 Å². The number of aromatic hydroxyl groups is 1. The Morgan fingerprint density at radius 2 is 1.82 bits per heavy atom. The summed E-state index contributed by atoms with van der Waals surface area (Å²) in [6.45, 7) is 6.12. The van der Waals surface area contributed by atoms with Gasteiger partial charge in [0.15, 0.2) is 5.75 Å². The summed E-state index contributed by atoms with van der Waals surface area (Å²) >= 11 is 0.976. The summed E-state index contributed by atoms with van der Waals surface area (Å²) < 4.78 is 53.4. The molecule has 4 aromatic rings. The van der Waals surface area contributed by atoms with E-state index in [4.69, 9.17) is 9.47 Å². The Morgan fingerprint density at radius 1 is 1.08 bits per heavy atom. The number of phenolic OH excluding ortho intramolecular Hbond substituents is 1. The molecule has 0 spiro atoms. The highest BCUT2D eigenvalue weighted by atomic mass is 32.1. The van der Waals surface area contributed by atoms with Crippen LogP contribution in [0.25, 0.3) is 10.1 Å². The molecule has 2 heterocycles. The molecule has 1 aromatic heterocycles. The van der Waals surface area contributed by atoms with Crippen LogP contribution >= 0.6 is 11.3 Å². The largest absolute Gasteiger partial charge is 0.508 e. The third kappa shape index (κ3) is 6.20. The van der Waals surface area contributed by atoms with Crippen molar-refractivity contribution in [2.24, 2.45) is 5.92 Å². The van der Waals surface area contributed by atoms with Crippen LogP contribution in [0.2, 0.25) is 0 Å². The second-order valence-electron chi connectivity index (χ2n) is 9.78. The van der Waals surface area contributed by atoms with Gasteiger partial charge in [-0.15, -0.1) is 11.3 Å². The normalized spacial score (nSPS) is 16.1. The van der Waals surface area contributed by atoms with Crippen molar-refractivity contribution in [3.8, 4) is 23.0 Å². The van der Waals surface area contributed by atoms with Crippen LogP contribution in [0.15, 0.2) is 66.7 Å². The number of nitrogens with zero attached hydrogens (tertiary/aromatic N) is 1. The van der Waals surface area contributed by atoms with Gasteiger partial charge in [0.1, 0.15) is 22.1 Å². The van der Waals surface area contributed by atoms with Crippen LogP contribution in [-0.4, -0.2) is 42.0 Å². The molecule has 1 aliphatic rings. The summed E-state index contributed by atoms with van der Waals surface area (Å²) in [5, 5.41) is 10.5. The molecule has 0 radical (unpaired) electrons. The van der Waals surface area contributed by atoms with Crippen molar-refractivity contribution in [1.29, 1.82) is 0 Å². The van der Waals surface area contributed by atoms with E-state index in [1.807, 2.05) is 0 Å². The molecule has 1 atom stereocenters. The molecular weight excluding hydrogens is 527 g/mol. The summed E-state index contributed by atoms with van der Waals surface area (Å²) in [4.78, 5) is 15.9. The molecule has 0 unspecified atom stereocenters. The zero-order chi connectivity index (χ0) is 27.6. The fourth-order valence-corrected chi connectivity index (χ4v) is 5.91. The van der Waals surface area contributed by atoms with Crippen molar-refractivity contribution in [1.82, 2.24) is 4.90 Å². The molecule has 5 rings (SSSR count). The van der Waals surface area contributed by atoms with Gasteiger partial charge in [-0.1, -0.05) is 25.1 Å². The number of thiophene rings is 1.